The van der Waals surface area contributed by atoms with E-state index in [-0.39, 0.29) is 5.56 Å². The number of halogens is 1. The van der Waals surface area contributed by atoms with Crippen LogP contribution in [0.2, 0.25) is 0 Å². The van der Waals surface area contributed by atoms with Gasteiger partial charge in [0.15, 0.2) is 0 Å². The molecule has 0 saturated carbocycles. The second kappa shape index (κ2) is 3.88. The third-order valence-electron chi connectivity index (χ3n) is 1.39. The van der Waals surface area contributed by atoms with Gasteiger partial charge in [0.05, 0.1) is 0 Å². The Labute approximate surface area is 82.1 Å². The molecular formula is C9H10FNO2S. The fourth-order valence-corrected chi connectivity index (χ4v) is 1.35. The lowest BCUT2D eigenvalue weighted by Gasteiger charge is -1.96. The van der Waals surface area contributed by atoms with Crippen molar-refractivity contribution in [3.05, 3.63) is 35.6 Å². The first-order valence-corrected chi connectivity index (χ1v) is 6.19. The molecule has 14 heavy (non-hydrogen) atoms. The lowest BCUT2D eigenvalue weighted by Crippen LogP contribution is -2.00. The molecule has 0 heterocycles. The van der Waals surface area contributed by atoms with E-state index in [0.29, 0.717) is 0 Å². The van der Waals surface area contributed by atoms with Crippen LogP contribution in [-0.4, -0.2) is 22.6 Å². The first kappa shape index (κ1) is 10.8. The Morgan fingerprint density at radius 2 is 1.79 bits per heavy atom. The van der Waals surface area contributed by atoms with Crippen molar-refractivity contribution in [2.24, 2.45) is 4.36 Å². The number of benzene rings is 1. The molecule has 0 aromatic heterocycles. The van der Waals surface area contributed by atoms with Crippen LogP contribution in [0.5, 0.6) is 0 Å². The quantitative estimate of drug-likeness (QED) is 0.715. The lowest BCUT2D eigenvalue weighted by atomic mass is 10.2. The molecule has 0 atom stereocenters. The Balaban J connectivity index is 3.03. The fourth-order valence-electron chi connectivity index (χ4n) is 0.845. The molecule has 0 aliphatic rings. The molecule has 0 aliphatic heterocycles. The molecule has 0 saturated heterocycles. The first-order chi connectivity index (χ1) is 6.38. The van der Waals surface area contributed by atoms with Gasteiger partial charge in [0.25, 0.3) is 5.91 Å². The number of amides is 1. The molecule has 0 radical (unpaired) electrons. The van der Waals surface area contributed by atoms with Crippen molar-refractivity contribution < 1.29 is 13.4 Å². The van der Waals surface area contributed by atoms with E-state index in [4.69, 9.17) is 0 Å². The van der Waals surface area contributed by atoms with Gasteiger partial charge in [-0.15, -0.1) is 0 Å². The Bertz CT molecular complexity index is 450. The Kier molecular flexibility index (Phi) is 3.00. The molecule has 1 aromatic carbocycles. The van der Waals surface area contributed by atoms with Crippen LogP contribution in [0, 0.1) is 5.82 Å². The van der Waals surface area contributed by atoms with Gasteiger partial charge in [-0.3, -0.25) is 4.79 Å². The van der Waals surface area contributed by atoms with Crippen molar-refractivity contribution in [3.63, 3.8) is 0 Å². The summed E-state index contributed by atoms with van der Waals surface area (Å²) in [6.45, 7) is 0. The van der Waals surface area contributed by atoms with E-state index >= 15 is 0 Å². The van der Waals surface area contributed by atoms with E-state index in [9.17, 15) is 13.4 Å². The van der Waals surface area contributed by atoms with E-state index in [1.807, 2.05) is 0 Å². The number of carbonyl (C=O) groups excluding carboxylic acids is 1. The molecule has 0 unspecified atom stereocenters. The SMILES string of the molecule is CS(C)(=O)=NC(=O)c1ccc(F)cc1. The van der Waals surface area contributed by atoms with Gasteiger partial charge in [0, 0.05) is 27.8 Å². The Morgan fingerprint density at radius 3 is 2.21 bits per heavy atom. The smallest absolute Gasteiger partial charge is 0.266 e. The van der Waals surface area contributed by atoms with Crippen LogP contribution < -0.4 is 0 Å². The summed E-state index contributed by atoms with van der Waals surface area (Å²) in [5.74, 6) is -1.00. The third kappa shape index (κ3) is 3.26. The van der Waals surface area contributed by atoms with Gasteiger partial charge in [-0.1, -0.05) is 0 Å². The maximum absolute atomic E-state index is 12.5. The largest absolute Gasteiger partial charge is 0.285 e. The second-order valence-corrected chi connectivity index (χ2v) is 5.63. The Hall–Kier alpha value is -1.23. The molecule has 0 N–H and O–H groups in total. The van der Waals surface area contributed by atoms with Gasteiger partial charge in [0.1, 0.15) is 5.82 Å². The van der Waals surface area contributed by atoms with Crippen LogP contribution in [0.1, 0.15) is 10.4 Å². The number of carbonyl (C=O) groups is 1. The van der Waals surface area contributed by atoms with Crippen molar-refractivity contribution in [1.82, 2.24) is 0 Å². The summed E-state index contributed by atoms with van der Waals surface area (Å²) in [5.41, 5.74) is 0.239. The van der Waals surface area contributed by atoms with Crippen LogP contribution in [0.3, 0.4) is 0 Å². The van der Waals surface area contributed by atoms with Crippen LogP contribution in [0.15, 0.2) is 28.6 Å². The van der Waals surface area contributed by atoms with E-state index in [1.165, 1.54) is 24.6 Å². The van der Waals surface area contributed by atoms with Crippen LogP contribution in [-0.2, 0) is 9.73 Å². The maximum Gasteiger partial charge on any atom is 0.285 e. The monoisotopic (exact) mass is 215 g/mol. The lowest BCUT2D eigenvalue weighted by molar-refractivity contribution is 0.100. The van der Waals surface area contributed by atoms with E-state index in [2.05, 4.69) is 4.36 Å². The average Bonchev–Trinajstić information content (AvgIpc) is 2.02. The first-order valence-electron chi connectivity index (χ1n) is 3.85. The summed E-state index contributed by atoms with van der Waals surface area (Å²) in [7, 11) is -2.45. The normalized spacial score (nSPS) is 11.1. The molecule has 76 valence electrons. The van der Waals surface area contributed by atoms with Crippen molar-refractivity contribution in [2.75, 3.05) is 12.5 Å². The van der Waals surface area contributed by atoms with E-state index < -0.39 is 21.5 Å². The predicted octanol–water partition coefficient (Wildman–Crippen LogP) is 1.69. The van der Waals surface area contributed by atoms with Crippen molar-refractivity contribution in [3.8, 4) is 0 Å². The van der Waals surface area contributed by atoms with Gasteiger partial charge >= 0.3 is 0 Å². The zero-order chi connectivity index (χ0) is 10.8. The minimum atomic E-state index is -2.45. The molecule has 1 rings (SSSR count). The summed E-state index contributed by atoms with van der Waals surface area (Å²) in [6.07, 6.45) is 2.74. The zero-order valence-corrected chi connectivity index (χ0v) is 8.68. The summed E-state index contributed by atoms with van der Waals surface area (Å²) >= 11 is 0. The molecule has 1 aromatic rings. The Morgan fingerprint density at radius 1 is 1.29 bits per heavy atom. The molecule has 0 bridgehead atoms. The summed E-state index contributed by atoms with van der Waals surface area (Å²) < 4.78 is 27.1. The standard InChI is InChI=1S/C9H10FNO2S/c1-14(2,13)11-9(12)7-3-5-8(10)6-4-7/h3-6H,1-2H3. The molecule has 0 aliphatic carbocycles. The predicted molar refractivity (Wildman–Crippen MR) is 53.1 cm³/mol. The third-order valence-corrected chi connectivity index (χ3v) is 2.00. The van der Waals surface area contributed by atoms with Gasteiger partial charge in [0.2, 0.25) is 0 Å². The molecule has 5 heteroatoms. The number of hydrogen-bond donors (Lipinski definition) is 0. The van der Waals surface area contributed by atoms with Crippen molar-refractivity contribution in [2.45, 2.75) is 0 Å². The average molecular weight is 215 g/mol. The topological polar surface area (TPSA) is 46.5 Å². The summed E-state index contributed by atoms with van der Waals surface area (Å²) in [6, 6.07) is 4.95. The minimum Gasteiger partial charge on any atom is -0.266 e. The van der Waals surface area contributed by atoms with Crippen molar-refractivity contribution in [1.29, 1.82) is 0 Å². The highest BCUT2D eigenvalue weighted by atomic mass is 32.2. The molecule has 0 spiro atoms. The highest BCUT2D eigenvalue weighted by Gasteiger charge is 2.05. The summed E-state index contributed by atoms with van der Waals surface area (Å²) in [4.78, 5) is 11.3. The van der Waals surface area contributed by atoms with Crippen LogP contribution in [0.4, 0.5) is 4.39 Å². The number of rotatable bonds is 1. The van der Waals surface area contributed by atoms with Crippen LogP contribution >= 0.6 is 0 Å². The molecule has 1 amide bonds. The highest BCUT2D eigenvalue weighted by Crippen LogP contribution is 2.05. The number of hydrogen-bond acceptors (Lipinski definition) is 2. The van der Waals surface area contributed by atoms with Gasteiger partial charge < -0.3 is 0 Å². The zero-order valence-electron chi connectivity index (χ0n) is 7.86. The van der Waals surface area contributed by atoms with E-state index in [0.717, 1.165) is 12.1 Å². The summed E-state index contributed by atoms with van der Waals surface area (Å²) in [5, 5.41) is 0. The second-order valence-electron chi connectivity index (χ2n) is 3.08. The molecule has 3 nitrogen and oxygen atoms in total. The maximum atomic E-state index is 12.5. The number of nitrogens with zero attached hydrogens (tertiary/aromatic N) is 1. The minimum absolute atomic E-state index is 0.239. The molecular weight excluding hydrogens is 205 g/mol. The highest BCUT2D eigenvalue weighted by molar-refractivity contribution is 7.92. The van der Waals surface area contributed by atoms with Gasteiger partial charge in [-0.25, -0.2) is 8.60 Å². The van der Waals surface area contributed by atoms with Crippen molar-refractivity contribution >= 4 is 15.6 Å². The van der Waals surface area contributed by atoms with Gasteiger partial charge in [-0.05, 0) is 24.3 Å². The van der Waals surface area contributed by atoms with Crippen LogP contribution in [0.25, 0.3) is 0 Å². The fraction of sp³-hybridized carbons (Fsp3) is 0.222. The van der Waals surface area contributed by atoms with Gasteiger partial charge in [-0.2, -0.15) is 4.36 Å². The van der Waals surface area contributed by atoms with E-state index in [1.54, 1.807) is 0 Å². The molecule has 0 fully saturated rings.